The Balaban J connectivity index is 4.36. The highest BCUT2D eigenvalue weighted by atomic mass is 16.6. The van der Waals surface area contributed by atoms with Gasteiger partial charge in [-0.05, 0) is 38.5 Å². The van der Waals surface area contributed by atoms with E-state index in [9.17, 15) is 14.4 Å². The summed E-state index contributed by atoms with van der Waals surface area (Å²) in [4.78, 5) is 37.4. The lowest BCUT2D eigenvalue weighted by molar-refractivity contribution is -0.167. The molecule has 282 valence electrons. The first-order valence-electron chi connectivity index (χ1n) is 20.7. The van der Waals surface area contributed by atoms with Gasteiger partial charge in [-0.2, -0.15) is 0 Å². The first kappa shape index (κ1) is 46.1. The van der Waals surface area contributed by atoms with Crippen LogP contribution < -0.4 is 0 Å². The van der Waals surface area contributed by atoms with Crippen LogP contribution in [0.2, 0.25) is 0 Å². The van der Waals surface area contributed by atoms with Crippen molar-refractivity contribution in [2.75, 3.05) is 13.2 Å². The molecule has 0 aliphatic rings. The second-order valence-electron chi connectivity index (χ2n) is 13.9. The van der Waals surface area contributed by atoms with Gasteiger partial charge in [0.2, 0.25) is 0 Å². The summed E-state index contributed by atoms with van der Waals surface area (Å²) in [6.07, 6.45) is 37.6. The summed E-state index contributed by atoms with van der Waals surface area (Å²) in [7, 11) is 0. The lowest BCUT2D eigenvalue weighted by Crippen LogP contribution is -2.30. The lowest BCUT2D eigenvalue weighted by Gasteiger charge is -2.18. The highest BCUT2D eigenvalue weighted by molar-refractivity contribution is 5.71. The number of allylic oxidation sites excluding steroid dienone is 2. The van der Waals surface area contributed by atoms with Crippen LogP contribution in [-0.4, -0.2) is 37.2 Å². The van der Waals surface area contributed by atoms with Gasteiger partial charge in [0.05, 0.1) is 0 Å². The molecule has 0 aromatic heterocycles. The van der Waals surface area contributed by atoms with Crippen LogP contribution in [-0.2, 0) is 28.6 Å². The molecule has 0 spiro atoms. The molecule has 0 saturated carbocycles. The maximum atomic E-state index is 12.6. The van der Waals surface area contributed by atoms with Crippen LogP contribution in [0, 0.1) is 0 Å². The summed E-state index contributed by atoms with van der Waals surface area (Å²) < 4.78 is 16.6. The van der Waals surface area contributed by atoms with Crippen molar-refractivity contribution < 1.29 is 28.6 Å². The number of ether oxygens (including phenoxy) is 3. The van der Waals surface area contributed by atoms with Crippen molar-refractivity contribution in [1.82, 2.24) is 0 Å². The van der Waals surface area contributed by atoms with Crippen LogP contribution in [0.4, 0.5) is 0 Å². The molecule has 6 heteroatoms. The second-order valence-corrected chi connectivity index (χ2v) is 13.9. The van der Waals surface area contributed by atoms with Crippen LogP contribution in [0.15, 0.2) is 12.2 Å². The van der Waals surface area contributed by atoms with Crippen LogP contribution in [0.5, 0.6) is 0 Å². The van der Waals surface area contributed by atoms with Crippen LogP contribution in [0.3, 0.4) is 0 Å². The summed E-state index contributed by atoms with van der Waals surface area (Å²) in [6.45, 7) is 6.55. The maximum Gasteiger partial charge on any atom is 0.306 e. The number of rotatable bonds is 37. The average molecular weight is 679 g/mol. The van der Waals surface area contributed by atoms with Gasteiger partial charge in [0, 0.05) is 19.3 Å². The van der Waals surface area contributed by atoms with E-state index in [0.717, 1.165) is 77.0 Å². The monoisotopic (exact) mass is 679 g/mol. The Bertz CT molecular complexity index is 748. The van der Waals surface area contributed by atoms with Crippen LogP contribution in [0.1, 0.15) is 220 Å². The van der Waals surface area contributed by atoms with Gasteiger partial charge in [-0.15, -0.1) is 0 Å². The van der Waals surface area contributed by atoms with Gasteiger partial charge in [-0.25, -0.2) is 0 Å². The van der Waals surface area contributed by atoms with Gasteiger partial charge in [0.1, 0.15) is 13.2 Å². The number of carbonyl (C=O) groups is 3. The predicted octanol–water partition coefficient (Wildman–Crippen LogP) is 12.7. The molecule has 1 unspecified atom stereocenters. The first-order valence-corrected chi connectivity index (χ1v) is 20.7. The molecule has 0 bridgehead atoms. The Hall–Kier alpha value is -1.85. The van der Waals surface area contributed by atoms with E-state index >= 15 is 0 Å². The molecule has 1 atom stereocenters. The summed E-state index contributed by atoms with van der Waals surface area (Å²) in [5.74, 6) is -0.885. The Morgan fingerprint density at radius 2 is 0.708 bits per heavy atom. The summed E-state index contributed by atoms with van der Waals surface area (Å²) in [5, 5.41) is 0. The number of carbonyl (C=O) groups excluding carboxylic acids is 3. The minimum atomic E-state index is -0.763. The molecule has 0 aromatic rings. The van der Waals surface area contributed by atoms with Gasteiger partial charge < -0.3 is 14.2 Å². The van der Waals surface area contributed by atoms with Gasteiger partial charge in [0.15, 0.2) is 6.10 Å². The fourth-order valence-electron chi connectivity index (χ4n) is 5.83. The molecule has 0 aliphatic carbocycles. The first-order chi connectivity index (χ1) is 23.5. The summed E-state index contributed by atoms with van der Waals surface area (Å²) >= 11 is 0. The molecule has 0 N–H and O–H groups in total. The van der Waals surface area contributed by atoms with Gasteiger partial charge >= 0.3 is 17.9 Å². The van der Waals surface area contributed by atoms with Gasteiger partial charge in [-0.1, -0.05) is 174 Å². The fourth-order valence-corrected chi connectivity index (χ4v) is 5.83. The number of unbranched alkanes of at least 4 members (excludes halogenated alkanes) is 24. The molecule has 6 nitrogen and oxygen atoms in total. The average Bonchev–Trinajstić information content (AvgIpc) is 3.08. The molecule has 0 saturated heterocycles. The molecule has 0 amide bonds. The van der Waals surface area contributed by atoms with E-state index in [4.69, 9.17) is 14.2 Å². The third-order valence-electron chi connectivity index (χ3n) is 9.02. The van der Waals surface area contributed by atoms with E-state index in [2.05, 4.69) is 32.9 Å². The van der Waals surface area contributed by atoms with Crippen molar-refractivity contribution in [3.63, 3.8) is 0 Å². The minimum absolute atomic E-state index is 0.0700. The third kappa shape index (κ3) is 35.5. The second kappa shape index (κ2) is 38.0. The fraction of sp³-hybridized carbons (Fsp3) is 0.881. The molecule has 48 heavy (non-hydrogen) atoms. The molecule has 0 rings (SSSR count). The van der Waals surface area contributed by atoms with Crippen LogP contribution in [0.25, 0.3) is 0 Å². The van der Waals surface area contributed by atoms with Gasteiger partial charge in [0.25, 0.3) is 0 Å². The van der Waals surface area contributed by atoms with Crippen molar-refractivity contribution in [2.24, 2.45) is 0 Å². The Kier molecular flexibility index (Phi) is 36.5. The topological polar surface area (TPSA) is 78.9 Å². The maximum absolute atomic E-state index is 12.6. The third-order valence-corrected chi connectivity index (χ3v) is 9.02. The van der Waals surface area contributed by atoms with E-state index < -0.39 is 6.10 Å². The number of esters is 3. The van der Waals surface area contributed by atoms with E-state index in [-0.39, 0.29) is 31.1 Å². The highest BCUT2D eigenvalue weighted by Crippen LogP contribution is 2.14. The lowest BCUT2D eigenvalue weighted by atomic mass is 10.1. The van der Waals surface area contributed by atoms with Crippen molar-refractivity contribution in [3.8, 4) is 0 Å². The molecule has 0 aromatic carbocycles. The molecule has 0 aliphatic heterocycles. The molecular formula is C42H78O6. The van der Waals surface area contributed by atoms with Crippen molar-refractivity contribution >= 4 is 17.9 Å². The molecule has 0 heterocycles. The SMILES string of the molecule is CCCC/C=C\CCCCCCC(=O)OCC(COC(=O)CCCCCCCCCCCC)OC(=O)CCCCCCCCCCCC. The van der Waals surface area contributed by atoms with Crippen LogP contribution >= 0.6 is 0 Å². The smallest absolute Gasteiger partial charge is 0.306 e. The largest absolute Gasteiger partial charge is 0.462 e. The predicted molar refractivity (Wildman–Crippen MR) is 201 cm³/mol. The van der Waals surface area contributed by atoms with Crippen molar-refractivity contribution in [2.45, 2.75) is 226 Å². The Labute approximate surface area is 297 Å². The van der Waals surface area contributed by atoms with E-state index in [1.165, 1.54) is 103 Å². The van der Waals surface area contributed by atoms with E-state index in [0.29, 0.717) is 19.3 Å². The quantitative estimate of drug-likeness (QED) is 0.0282. The molecule has 0 fully saturated rings. The number of hydrogen-bond acceptors (Lipinski definition) is 6. The summed E-state index contributed by atoms with van der Waals surface area (Å²) in [5.41, 5.74) is 0. The van der Waals surface area contributed by atoms with E-state index in [1.54, 1.807) is 0 Å². The Morgan fingerprint density at radius 1 is 0.396 bits per heavy atom. The number of hydrogen-bond donors (Lipinski definition) is 0. The zero-order valence-electron chi connectivity index (χ0n) is 32.0. The van der Waals surface area contributed by atoms with E-state index in [1.807, 2.05) is 0 Å². The minimum Gasteiger partial charge on any atom is -0.462 e. The zero-order valence-corrected chi connectivity index (χ0v) is 32.0. The summed E-state index contributed by atoms with van der Waals surface area (Å²) in [6, 6.07) is 0. The highest BCUT2D eigenvalue weighted by Gasteiger charge is 2.19. The standard InChI is InChI=1S/C42H78O6/c1-4-7-10-13-16-19-22-25-28-31-34-40(43)46-37-39(48-42(45)36-33-30-27-24-21-18-15-12-9-6-3)38-47-41(44)35-32-29-26-23-20-17-14-11-8-5-2/h13,16,39H,4-12,14-15,17-38H2,1-3H3/b16-13-. The molecule has 0 radical (unpaired) electrons. The molecular weight excluding hydrogens is 600 g/mol. The van der Waals surface area contributed by atoms with Gasteiger partial charge in [-0.3, -0.25) is 14.4 Å². The normalized spacial score (nSPS) is 12.0. The zero-order chi connectivity index (χ0) is 35.2. The van der Waals surface area contributed by atoms with Crippen molar-refractivity contribution in [3.05, 3.63) is 12.2 Å². The Morgan fingerprint density at radius 3 is 1.10 bits per heavy atom. The van der Waals surface area contributed by atoms with Crippen molar-refractivity contribution in [1.29, 1.82) is 0 Å².